The molecular weight excluding hydrogens is 384 g/mol. The molecule has 8 heteroatoms. The second-order valence-corrected chi connectivity index (χ2v) is 5.94. The lowest BCUT2D eigenvalue weighted by Gasteiger charge is -2.13. The molecular formula is C20H16ClN2O5-. The van der Waals surface area contributed by atoms with Crippen molar-refractivity contribution in [1.82, 2.24) is 5.32 Å². The van der Waals surface area contributed by atoms with Gasteiger partial charge in [-0.25, -0.2) is 0 Å². The molecule has 0 saturated heterocycles. The zero-order valence-electron chi connectivity index (χ0n) is 14.9. The molecule has 0 aromatic heterocycles. The summed E-state index contributed by atoms with van der Waals surface area (Å²) in [6.45, 7) is -0.421. The predicted molar refractivity (Wildman–Crippen MR) is 100 cm³/mol. The van der Waals surface area contributed by atoms with E-state index in [2.05, 4.69) is 5.32 Å². The first kappa shape index (κ1) is 20.8. The Bertz CT molecular complexity index is 936. The van der Waals surface area contributed by atoms with Crippen molar-refractivity contribution >= 4 is 29.6 Å². The van der Waals surface area contributed by atoms with Gasteiger partial charge in [-0.1, -0.05) is 41.9 Å². The smallest absolute Gasteiger partial charge is 0.262 e. The Labute approximate surface area is 166 Å². The number of rotatable bonds is 8. The van der Waals surface area contributed by atoms with Crippen LogP contribution in [-0.4, -0.2) is 25.6 Å². The molecule has 1 N–H and O–H groups in total. The van der Waals surface area contributed by atoms with Crippen molar-refractivity contribution in [3.05, 3.63) is 64.2 Å². The number of nitrogens with one attached hydrogen (secondary N) is 1. The van der Waals surface area contributed by atoms with Crippen LogP contribution in [0.2, 0.25) is 5.02 Å². The lowest BCUT2D eigenvalue weighted by atomic mass is 10.1. The summed E-state index contributed by atoms with van der Waals surface area (Å²) in [4.78, 5) is 22.8. The monoisotopic (exact) mass is 399 g/mol. The number of ether oxygens (including phenoxy) is 2. The molecule has 0 bridgehead atoms. The number of carbonyl (C=O) groups excluding carboxylic acids is 2. The number of methoxy groups -OCH3 is 1. The maximum Gasteiger partial charge on any atom is 0.262 e. The van der Waals surface area contributed by atoms with E-state index < -0.39 is 18.5 Å². The van der Waals surface area contributed by atoms with Crippen LogP contribution in [0, 0.1) is 11.3 Å². The third-order valence-electron chi connectivity index (χ3n) is 3.56. The summed E-state index contributed by atoms with van der Waals surface area (Å²) in [5.74, 6) is -1.78. The fraction of sp³-hybridized carbons (Fsp3) is 0.150. The molecule has 0 saturated carbocycles. The first-order valence-corrected chi connectivity index (χ1v) is 8.46. The topological polar surface area (TPSA) is 111 Å². The van der Waals surface area contributed by atoms with Gasteiger partial charge in [-0.3, -0.25) is 4.79 Å². The van der Waals surface area contributed by atoms with Crippen molar-refractivity contribution < 1.29 is 24.2 Å². The number of hydrogen-bond acceptors (Lipinski definition) is 6. The van der Waals surface area contributed by atoms with E-state index >= 15 is 0 Å². The van der Waals surface area contributed by atoms with Crippen molar-refractivity contribution in [2.75, 3.05) is 13.7 Å². The Morgan fingerprint density at radius 1 is 1.29 bits per heavy atom. The molecule has 2 rings (SSSR count). The summed E-state index contributed by atoms with van der Waals surface area (Å²) in [5.41, 5.74) is 1.18. The molecule has 0 radical (unpaired) electrons. The zero-order chi connectivity index (χ0) is 20.5. The maximum absolute atomic E-state index is 12.3. The van der Waals surface area contributed by atoms with Gasteiger partial charge in [0.05, 0.1) is 18.1 Å². The van der Waals surface area contributed by atoms with Gasteiger partial charge in [-0.2, -0.15) is 5.26 Å². The summed E-state index contributed by atoms with van der Waals surface area (Å²) in [6.07, 6.45) is 1.34. The van der Waals surface area contributed by atoms with Crippen LogP contribution < -0.4 is 19.9 Å². The second kappa shape index (κ2) is 10.00. The van der Waals surface area contributed by atoms with E-state index in [1.165, 1.54) is 25.3 Å². The Morgan fingerprint density at radius 3 is 2.61 bits per heavy atom. The molecule has 0 aliphatic carbocycles. The van der Waals surface area contributed by atoms with Crippen LogP contribution in [0.5, 0.6) is 11.5 Å². The molecule has 0 aliphatic rings. The van der Waals surface area contributed by atoms with Crippen molar-refractivity contribution in [3.8, 4) is 17.6 Å². The molecule has 2 aromatic carbocycles. The van der Waals surface area contributed by atoms with E-state index in [0.29, 0.717) is 5.56 Å². The van der Waals surface area contributed by atoms with E-state index in [1.807, 2.05) is 36.4 Å². The zero-order valence-corrected chi connectivity index (χ0v) is 15.7. The van der Waals surface area contributed by atoms with Crippen LogP contribution >= 0.6 is 11.6 Å². The minimum atomic E-state index is -1.41. The van der Waals surface area contributed by atoms with E-state index in [1.54, 1.807) is 0 Å². The average Bonchev–Trinajstić information content (AvgIpc) is 2.69. The maximum atomic E-state index is 12.3. The number of halogens is 1. The van der Waals surface area contributed by atoms with E-state index in [9.17, 15) is 20.0 Å². The lowest BCUT2D eigenvalue weighted by molar-refractivity contribution is -0.307. The number of nitrogens with zero attached hydrogens (tertiary/aromatic N) is 1. The molecule has 0 unspecified atom stereocenters. The first-order chi connectivity index (χ1) is 13.4. The van der Waals surface area contributed by atoms with Crippen LogP contribution in [0.25, 0.3) is 6.08 Å². The fourth-order valence-corrected chi connectivity index (χ4v) is 2.56. The number of nitriles is 1. The van der Waals surface area contributed by atoms with Gasteiger partial charge in [0.1, 0.15) is 18.2 Å². The number of amides is 1. The van der Waals surface area contributed by atoms with Crippen molar-refractivity contribution in [3.63, 3.8) is 0 Å². The third kappa shape index (κ3) is 5.76. The number of carboxylic acid groups (broad SMARTS) is 1. The fourth-order valence-electron chi connectivity index (χ4n) is 2.28. The lowest BCUT2D eigenvalue weighted by Crippen LogP contribution is -2.29. The Kier molecular flexibility index (Phi) is 7.43. The molecule has 0 aliphatic heterocycles. The van der Waals surface area contributed by atoms with Crippen molar-refractivity contribution in [1.29, 1.82) is 5.26 Å². The van der Waals surface area contributed by atoms with Gasteiger partial charge in [0.2, 0.25) is 0 Å². The van der Waals surface area contributed by atoms with Crippen LogP contribution in [0.1, 0.15) is 11.1 Å². The van der Waals surface area contributed by atoms with E-state index in [-0.39, 0.29) is 28.6 Å². The SMILES string of the molecule is COc1cc(/C=C(/C#N)C(=O)NCc2ccccc2)cc(Cl)c1OCC(=O)[O-]. The molecule has 144 valence electrons. The molecule has 0 heterocycles. The van der Waals surface area contributed by atoms with E-state index in [0.717, 1.165) is 5.56 Å². The highest BCUT2D eigenvalue weighted by atomic mass is 35.5. The summed E-state index contributed by atoms with van der Waals surface area (Å²) in [6, 6.07) is 14.0. The summed E-state index contributed by atoms with van der Waals surface area (Å²) >= 11 is 6.11. The van der Waals surface area contributed by atoms with Crippen LogP contribution in [0.3, 0.4) is 0 Å². The van der Waals surface area contributed by atoms with Crippen LogP contribution in [-0.2, 0) is 16.1 Å². The van der Waals surface area contributed by atoms with Crippen LogP contribution in [0.4, 0.5) is 0 Å². The minimum absolute atomic E-state index is 0.0255. The Morgan fingerprint density at radius 2 is 2.00 bits per heavy atom. The summed E-state index contributed by atoms with van der Waals surface area (Å²) < 4.78 is 10.2. The largest absolute Gasteiger partial charge is 0.546 e. The second-order valence-electron chi connectivity index (χ2n) is 5.53. The average molecular weight is 400 g/mol. The van der Waals surface area contributed by atoms with Crippen molar-refractivity contribution in [2.24, 2.45) is 0 Å². The number of carbonyl (C=O) groups is 2. The molecule has 2 aromatic rings. The van der Waals surface area contributed by atoms with Gasteiger partial charge in [0, 0.05) is 6.54 Å². The molecule has 0 fully saturated rings. The highest BCUT2D eigenvalue weighted by molar-refractivity contribution is 6.32. The van der Waals surface area contributed by atoms with Crippen molar-refractivity contribution in [2.45, 2.75) is 6.54 Å². The third-order valence-corrected chi connectivity index (χ3v) is 3.84. The van der Waals surface area contributed by atoms with Gasteiger partial charge in [-0.15, -0.1) is 0 Å². The molecule has 7 nitrogen and oxygen atoms in total. The number of carboxylic acids is 1. The standard InChI is InChI=1S/C20H17ClN2O5/c1-27-17-9-14(8-16(21)19(17)28-12-18(24)25)7-15(10-22)20(26)23-11-13-5-3-2-4-6-13/h2-9H,11-12H2,1H3,(H,23,26)(H,24,25)/p-1/b15-7-. The number of aliphatic carboxylic acids is 1. The summed E-state index contributed by atoms with van der Waals surface area (Å²) in [7, 11) is 1.35. The van der Waals surface area contributed by atoms with E-state index in [4.69, 9.17) is 21.1 Å². The van der Waals surface area contributed by atoms with Gasteiger partial charge in [-0.05, 0) is 29.3 Å². The Balaban J connectivity index is 2.20. The highest BCUT2D eigenvalue weighted by Gasteiger charge is 2.14. The quantitative estimate of drug-likeness (QED) is 0.534. The number of benzene rings is 2. The van der Waals surface area contributed by atoms with Gasteiger partial charge in [0.15, 0.2) is 11.5 Å². The normalized spacial score (nSPS) is 10.7. The molecule has 1 amide bonds. The highest BCUT2D eigenvalue weighted by Crippen LogP contribution is 2.37. The molecule has 0 spiro atoms. The van der Waals surface area contributed by atoms with Gasteiger partial charge >= 0.3 is 0 Å². The van der Waals surface area contributed by atoms with Crippen LogP contribution in [0.15, 0.2) is 48.0 Å². The van der Waals surface area contributed by atoms with Gasteiger partial charge in [0.25, 0.3) is 5.91 Å². The number of hydrogen-bond donors (Lipinski definition) is 1. The minimum Gasteiger partial charge on any atom is -0.546 e. The van der Waals surface area contributed by atoms with Gasteiger partial charge < -0.3 is 24.7 Å². The first-order valence-electron chi connectivity index (χ1n) is 8.08. The summed E-state index contributed by atoms with van der Waals surface area (Å²) in [5, 5.41) is 22.6. The Hall–Kier alpha value is -3.50. The predicted octanol–water partition coefficient (Wildman–Crippen LogP) is 1.70. The molecule has 28 heavy (non-hydrogen) atoms. The molecule has 0 atom stereocenters.